The number of hydrogen-bond donors (Lipinski definition) is 2. The van der Waals surface area contributed by atoms with Crippen molar-refractivity contribution in [1.29, 1.82) is 0 Å². The van der Waals surface area contributed by atoms with Crippen LogP contribution >= 0.6 is 0 Å². The van der Waals surface area contributed by atoms with E-state index in [2.05, 4.69) is 5.32 Å². The van der Waals surface area contributed by atoms with Gasteiger partial charge < -0.3 is 15.2 Å². The van der Waals surface area contributed by atoms with Crippen LogP contribution in [0.2, 0.25) is 0 Å². The van der Waals surface area contributed by atoms with Gasteiger partial charge in [-0.15, -0.1) is 0 Å². The fourth-order valence-electron chi connectivity index (χ4n) is 2.72. The molecule has 1 saturated carbocycles. The van der Waals surface area contributed by atoms with E-state index in [-0.39, 0.29) is 0 Å². The second-order valence-corrected chi connectivity index (χ2v) is 5.63. The van der Waals surface area contributed by atoms with Gasteiger partial charge in [0.25, 0.3) is 0 Å². The number of rotatable bonds is 6. The second-order valence-electron chi connectivity index (χ2n) is 5.63. The van der Waals surface area contributed by atoms with Gasteiger partial charge in [0.1, 0.15) is 5.75 Å². The molecule has 0 spiro atoms. The SMILES string of the molecule is COc1ccccc1CNc1cccc(C2(C(=O)O)CC2)c1. The number of anilines is 1. The van der Waals surface area contributed by atoms with Crippen molar-refractivity contribution in [2.75, 3.05) is 12.4 Å². The Bertz CT molecular complexity index is 692. The number of aliphatic carboxylic acids is 1. The molecule has 0 unspecified atom stereocenters. The summed E-state index contributed by atoms with van der Waals surface area (Å²) in [6.07, 6.45) is 1.44. The van der Waals surface area contributed by atoms with Crippen molar-refractivity contribution in [3.05, 3.63) is 59.7 Å². The van der Waals surface area contributed by atoms with Gasteiger partial charge in [-0.25, -0.2) is 0 Å². The molecule has 3 rings (SSSR count). The topological polar surface area (TPSA) is 58.6 Å². The van der Waals surface area contributed by atoms with Gasteiger partial charge in [-0.1, -0.05) is 30.3 Å². The molecule has 114 valence electrons. The highest BCUT2D eigenvalue weighted by Crippen LogP contribution is 2.48. The standard InChI is InChI=1S/C18H19NO3/c1-22-16-8-3-2-5-13(16)12-19-15-7-4-6-14(11-15)18(9-10-18)17(20)21/h2-8,11,19H,9-10,12H2,1H3,(H,20,21). The van der Waals surface area contributed by atoms with Gasteiger partial charge >= 0.3 is 5.97 Å². The molecule has 0 heterocycles. The van der Waals surface area contributed by atoms with Crippen molar-refractivity contribution >= 4 is 11.7 Å². The summed E-state index contributed by atoms with van der Waals surface area (Å²) in [5.74, 6) is 0.115. The van der Waals surface area contributed by atoms with Crippen molar-refractivity contribution in [2.24, 2.45) is 0 Å². The van der Waals surface area contributed by atoms with Crippen LogP contribution in [0.15, 0.2) is 48.5 Å². The van der Waals surface area contributed by atoms with E-state index in [1.807, 2.05) is 48.5 Å². The number of ether oxygens (including phenoxy) is 1. The number of nitrogens with one attached hydrogen (secondary N) is 1. The summed E-state index contributed by atoms with van der Waals surface area (Å²) in [4.78, 5) is 11.4. The van der Waals surface area contributed by atoms with Crippen LogP contribution in [0.1, 0.15) is 24.0 Å². The van der Waals surface area contributed by atoms with E-state index in [1.165, 1.54) is 0 Å². The maximum Gasteiger partial charge on any atom is 0.314 e. The third kappa shape index (κ3) is 2.64. The van der Waals surface area contributed by atoms with Gasteiger partial charge in [0, 0.05) is 17.8 Å². The Labute approximate surface area is 129 Å². The number of methoxy groups -OCH3 is 1. The summed E-state index contributed by atoms with van der Waals surface area (Å²) in [6.45, 7) is 0.632. The molecule has 0 bridgehead atoms. The maximum absolute atomic E-state index is 11.4. The first kappa shape index (κ1) is 14.4. The predicted molar refractivity (Wildman–Crippen MR) is 85.3 cm³/mol. The van der Waals surface area contributed by atoms with E-state index in [0.717, 1.165) is 35.4 Å². The van der Waals surface area contributed by atoms with Crippen LogP contribution in [0.5, 0.6) is 5.75 Å². The minimum atomic E-state index is -0.727. The molecule has 2 aromatic carbocycles. The minimum Gasteiger partial charge on any atom is -0.496 e. The molecule has 0 aromatic heterocycles. The number of para-hydroxylation sites is 1. The zero-order valence-electron chi connectivity index (χ0n) is 12.5. The largest absolute Gasteiger partial charge is 0.496 e. The Morgan fingerprint density at radius 1 is 1.23 bits per heavy atom. The number of hydrogen-bond acceptors (Lipinski definition) is 3. The third-order valence-electron chi connectivity index (χ3n) is 4.25. The van der Waals surface area contributed by atoms with Crippen LogP contribution < -0.4 is 10.1 Å². The summed E-state index contributed by atoms with van der Waals surface area (Å²) in [6, 6.07) is 15.5. The summed E-state index contributed by atoms with van der Waals surface area (Å²) in [5.41, 5.74) is 2.21. The summed E-state index contributed by atoms with van der Waals surface area (Å²) >= 11 is 0. The average Bonchev–Trinajstić information content (AvgIpc) is 3.35. The van der Waals surface area contributed by atoms with Crippen molar-refractivity contribution in [2.45, 2.75) is 24.8 Å². The fraction of sp³-hybridized carbons (Fsp3) is 0.278. The van der Waals surface area contributed by atoms with Crippen molar-refractivity contribution in [3.63, 3.8) is 0 Å². The zero-order valence-corrected chi connectivity index (χ0v) is 12.5. The van der Waals surface area contributed by atoms with Crippen LogP contribution in [0.3, 0.4) is 0 Å². The van der Waals surface area contributed by atoms with Gasteiger partial charge in [0.05, 0.1) is 12.5 Å². The highest BCUT2D eigenvalue weighted by Gasteiger charge is 2.51. The Kier molecular flexibility index (Phi) is 3.75. The molecule has 0 atom stereocenters. The number of carboxylic acid groups (broad SMARTS) is 1. The van der Waals surface area contributed by atoms with Crippen molar-refractivity contribution in [1.82, 2.24) is 0 Å². The van der Waals surface area contributed by atoms with Gasteiger partial charge in [-0.05, 0) is 36.6 Å². The summed E-state index contributed by atoms with van der Waals surface area (Å²) < 4.78 is 5.34. The number of benzene rings is 2. The second kappa shape index (κ2) is 5.72. The van der Waals surface area contributed by atoms with E-state index in [1.54, 1.807) is 7.11 Å². The lowest BCUT2D eigenvalue weighted by molar-refractivity contribution is -0.140. The first-order chi connectivity index (χ1) is 10.7. The monoisotopic (exact) mass is 297 g/mol. The van der Waals surface area contributed by atoms with Crippen LogP contribution in [0.25, 0.3) is 0 Å². The Morgan fingerprint density at radius 2 is 2.00 bits per heavy atom. The molecule has 2 N–H and O–H groups in total. The third-order valence-corrected chi connectivity index (χ3v) is 4.25. The average molecular weight is 297 g/mol. The van der Waals surface area contributed by atoms with E-state index in [4.69, 9.17) is 4.74 Å². The van der Waals surface area contributed by atoms with Crippen molar-refractivity contribution < 1.29 is 14.6 Å². The highest BCUT2D eigenvalue weighted by atomic mass is 16.5. The van der Waals surface area contributed by atoms with Gasteiger partial charge in [0.2, 0.25) is 0 Å². The Morgan fingerprint density at radius 3 is 2.68 bits per heavy atom. The highest BCUT2D eigenvalue weighted by molar-refractivity contribution is 5.85. The molecule has 0 radical (unpaired) electrons. The van der Waals surface area contributed by atoms with Gasteiger partial charge in [0.15, 0.2) is 0 Å². The molecule has 1 aliphatic carbocycles. The first-order valence-electron chi connectivity index (χ1n) is 7.35. The minimum absolute atomic E-state index is 0.632. The lowest BCUT2D eigenvalue weighted by Gasteiger charge is -2.14. The van der Waals surface area contributed by atoms with E-state index < -0.39 is 11.4 Å². The number of carbonyl (C=O) groups is 1. The van der Waals surface area contributed by atoms with E-state index >= 15 is 0 Å². The predicted octanol–water partition coefficient (Wildman–Crippen LogP) is 3.42. The molecule has 0 amide bonds. The lowest BCUT2D eigenvalue weighted by atomic mass is 9.96. The smallest absolute Gasteiger partial charge is 0.314 e. The maximum atomic E-state index is 11.4. The summed E-state index contributed by atoms with van der Waals surface area (Å²) in [5, 5.41) is 12.7. The molecular formula is C18H19NO3. The van der Waals surface area contributed by atoms with Crippen LogP contribution in [-0.2, 0) is 16.8 Å². The molecule has 0 saturated heterocycles. The molecule has 0 aliphatic heterocycles. The Hall–Kier alpha value is -2.49. The molecule has 4 nitrogen and oxygen atoms in total. The molecule has 22 heavy (non-hydrogen) atoms. The Balaban J connectivity index is 1.75. The normalized spacial score (nSPS) is 15.1. The van der Waals surface area contributed by atoms with Gasteiger partial charge in [-0.3, -0.25) is 4.79 Å². The quantitative estimate of drug-likeness (QED) is 0.857. The molecule has 1 fully saturated rings. The van der Waals surface area contributed by atoms with Crippen molar-refractivity contribution in [3.8, 4) is 5.75 Å². The van der Waals surface area contributed by atoms with Crippen LogP contribution in [0.4, 0.5) is 5.69 Å². The van der Waals surface area contributed by atoms with Gasteiger partial charge in [-0.2, -0.15) is 0 Å². The molecule has 4 heteroatoms. The first-order valence-corrected chi connectivity index (χ1v) is 7.35. The number of carboxylic acids is 1. The van der Waals surface area contributed by atoms with Crippen LogP contribution in [-0.4, -0.2) is 18.2 Å². The van der Waals surface area contributed by atoms with E-state index in [9.17, 15) is 9.90 Å². The lowest BCUT2D eigenvalue weighted by Crippen LogP contribution is -2.19. The fourth-order valence-corrected chi connectivity index (χ4v) is 2.72. The van der Waals surface area contributed by atoms with Crippen LogP contribution in [0, 0.1) is 0 Å². The van der Waals surface area contributed by atoms with E-state index in [0.29, 0.717) is 6.54 Å². The molecular weight excluding hydrogens is 278 g/mol. The zero-order chi connectivity index (χ0) is 15.6. The summed E-state index contributed by atoms with van der Waals surface area (Å²) in [7, 11) is 1.66. The molecule has 1 aliphatic rings. The molecule has 2 aromatic rings.